The molecule has 0 fully saturated rings. The summed E-state index contributed by atoms with van der Waals surface area (Å²) in [6.07, 6.45) is -5.60. The smallest absolute Gasteiger partial charge is 0.416 e. The average molecular weight is 243 g/mol. The van der Waals surface area contributed by atoms with Crippen LogP contribution in [0.2, 0.25) is 0 Å². The molecule has 0 radical (unpaired) electrons. The Kier molecular flexibility index (Phi) is 5.21. The van der Waals surface area contributed by atoms with Gasteiger partial charge < -0.3 is 15.2 Å². The molecule has 0 aliphatic carbocycles. The van der Waals surface area contributed by atoms with Gasteiger partial charge in [0.05, 0.1) is 6.61 Å². The highest BCUT2D eigenvalue weighted by Crippen LogP contribution is 2.29. The highest BCUT2D eigenvalue weighted by Gasteiger charge is 2.55. The van der Waals surface area contributed by atoms with E-state index >= 15 is 0 Å². The van der Waals surface area contributed by atoms with E-state index in [0.717, 1.165) is 0 Å². The zero-order valence-corrected chi connectivity index (χ0v) is 9.43. The SMILES string of the molecule is CCOCC(C)OC(=O)C(C)(N)C(F)(F)F. The molecule has 0 aromatic heterocycles. The minimum atomic E-state index is -4.84. The number of halogens is 3. The summed E-state index contributed by atoms with van der Waals surface area (Å²) >= 11 is 0. The van der Waals surface area contributed by atoms with Gasteiger partial charge >= 0.3 is 12.1 Å². The van der Waals surface area contributed by atoms with Gasteiger partial charge in [0, 0.05) is 6.61 Å². The fourth-order valence-corrected chi connectivity index (χ4v) is 0.739. The largest absolute Gasteiger partial charge is 0.459 e. The molecular weight excluding hydrogens is 227 g/mol. The van der Waals surface area contributed by atoms with E-state index in [4.69, 9.17) is 10.5 Å². The Morgan fingerprint density at radius 2 is 1.94 bits per heavy atom. The molecule has 0 aliphatic rings. The van der Waals surface area contributed by atoms with Crippen LogP contribution in [0.15, 0.2) is 0 Å². The Balaban J connectivity index is 4.35. The summed E-state index contributed by atoms with van der Waals surface area (Å²) in [5, 5.41) is 0. The van der Waals surface area contributed by atoms with E-state index in [1.54, 1.807) is 6.92 Å². The molecule has 0 aliphatic heterocycles. The number of nitrogens with two attached hydrogens (primary N) is 1. The van der Waals surface area contributed by atoms with Gasteiger partial charge in [-0.15, -0.1) is 0 Å². The third kappa shape index (κ3) is 3.97. The van der Waals surface area contributed by atoms with Gasteiger partial charge in [-0.25, -0.2) is 4.79 Å². The molecule has 4 nitrogen and oxygen atoms in total. The fourth-order valence-electron chi connectivity index (χ4n) is 0.739. The first-order valence-electron chi connectivity index (χ1n) is 4.77. The highest BCUT2D eigenvalue weighted by molar-refractivity contribution is 5.81. The van der Waals surface area contributed by atoms with Gasteiger partial charge in [-0.3, -0.25) is 0 Å². The maximum atomic E-state index is 12.3. The predicted molar refractivity (Wildman–Crippen MR) is 50.7 cm³/mol. The molecule has 96 valence electrons. The second kappa shape index (κ2) is 5.49. The van der Waals surface area contributed by atoms with Crippen molar-refractivity contribution in [2.75, 3.05) is 13.2 Å². The summed E-state index contributed by atoms with van der Waals surface area (Å²) in [6, 6.07) is 0. The molecule has 0 amide bonds. The molecule has 2 unspecified atom stereocenters. The van der Waals surface area contributed by atoms with E-state index in [1.807, 2.05) is 0 Å². The van der Waals surface area contributed by atoms with Gasteiger partial charge in [-0.05, 0) is 20.8 Å². The first kappa shape index (κ1) is 15.2. The van der Waals surface area contributed by atoms with Crippen LogP contribution in [0.25, 0.3) is 0 Å². The number of hydrogen-bond acceptors (Lipinski definition) is 4. The molecule has 0 rings (SSSR count). The number of hydrogen-bond donors (Lipinski definition) is 1. The Labute approximate surface area is 91.9 Å². The van der Waals surface area contributed by atoms with Crippen molar-refractivity contribution in [3.63, 3.8) is 0 Å². The summed E-state index contributed by atoms with van der Waals surface area (Å²) in [6.45, 7) is 4.15. The first-order valence-corrected chi connectivity index (χ1v) is 4.77. The van der Waals surface area contributed by atoms with Crippen molar-refractivity contribution in [2.24, 2.45) is 5.73 Å². The monoisotopic (exact) mass is 243 g/mol. The maximum Gasteiger partial charge on any atom is 0.416 e. The summed E-state index contributed by atoms with van der Waals surface area (Å²) < 4.78 is 46.4. The second-order valence-corrected chi connectivity index (χ2v) is 3.58. The Morgan fingerprint density at radius 1 is 1.44 bits per heavy atom. The van der Waals surface area contributed by atoms with Gasteiger partial charge in [0.2, 0.25) is 5.54 Å². The zero-order valence-electron chi connectivity index (χ0n) is 9.43. The Morgan fingerprint density at radius 3 is 2.31 bits per heavy atom. The molecule has 7 heteroatoms. The number of ether oxygens (including phenoxy) is 2. The van der Waals surface area contributed by atoms with Crippen molar-refractivity contribution in [3.05, 3.63) is 0 Å². The van der Waals surface area contributed by atoms with E-state index in [1.165, 1.54) is 6.92 Å². The Hall–Kier alpha value is -0.820. The van der Waals surface area contributed by atoms with Gasteiger partial charge in [0.15, 0.2) is 0 Å². The third-order valence-corrected chi connectivity index (χ3v) is 1.88. The molecule has 2 atom stereocenters. The normalized spacial score (nSPS) is 17.7. The van der Waals surface area contributed by atoms with Crippen LogP contribution < -0.4 is 5.73 Å². The average Bonchev–Trinajstić information content (AvgIpc) is 2.12. The van der Waals surface area contributed by atoms with Gasteiger partial charge in [0.25, 0.3) is 0 Å². The molecule has 2 N–H and O–H groups in total. The predicted octanol–water partition coefficient (Wildman–Crippen LogP) is 1.23. The standard InChI is InChI=1S/C9H16F3NO3/c1-4-15-5-6(2)16-7(14)8(3,13)9(10,11)12/h6H,4-5,13H2,1-3H3. The zero-order chi connectivity index (χ0) is 13.0. The molecule has 0 saturated heterocycles. The lowest BCUT2D eigenvalue weighted by molar-refractivity contribution is -0.205. The van der Waals surface area contributed by atoms with Crippen LogP contribution in [0.1, 0.15) is 20.8 Å². The number of alkyl halides is 3. The minimum absolute atomic E-state index is 0.0379. The Bertz CT molecular complexity index is 241. The molecule has 0 heterocycles. The molecule has 0 spiro atoms. The van der Waals surface area contributed by atoms with E-state index in [2.05, 4.69) is 4.74 Å². The number of carbonyl (C=O) groups is 1. The second-order valence-electron chi connectivity index (χ2n) is 3.58. The van der Waals surface area contributed by atoms with Crippen LogP contribution in [0.3, 0.4) is 0 Å². The van der Waals surface area contributed by atoms with Crippen LogP contribution in [0, 0.1) is 0 Å². The summed E-state index contributed by atoms with van der Waals surface area (Å²) in [7, 11) is 0. The first-order chi connectivity index (χ1) is 7.13. The molecule has 0 aromatic rings. The number of esters is 1. The number of carbonyl (C=O) groups excluding carboxylic acids is 1. The van der Waals surface area contributed by atoms with Crippen molar-refractivity contribution in [1.29, 1.82) is 0 Å². The lowest BCUT2D eigenvalue weighted by Gasteiger charge is -2.26. The van der Waals surface area contributed by atoms with Crippen LogP contribution in [0.4, 0.5) is 13.2 Å². The molecule has 16 heavy (non-hydrogen) atoms. The summed E-state index contributed by atoms with van der Waals surface area (Å²) in [4.78, 5) is 11.2. The van der Waals surface area contributed by atoms with Gasteiger partial charge in [-0.2, -0.15) is 13.2 Å². The lowest BCUT2D eigenvalue weighted by Crippen LogP contribution is -2.58. The van der Waals surface area contributed by atoms with Crippen molar-refractivity contribution >= 4 is 5.97 Å². The van der Waals surface area contributed by atoms with Gasteiger partial charge in [0.1, 0.15) is 6.10 Å². The topological polar surface area (TPSA) is 61.5 Å². The lowest BCUT2D eigenvalue weighted by atomic mass is 10.0. The molecular formula is C9H16F3NO3. The van der Waals surface area contributed by atoms with Crippen molar-refractivity contribution < 1.29 is 27.4 Å². The van der Waals surface area contributed by atoms with Crippen molar-refractivity contribution in [1.82, 2.24) is 0 Å². The van der Waals surface area contributed by atoms with E-state index in [9.17, 15) is 18.0 Å². The van der Waals surface area contributed by atoms with E-state index in [-0.39, 0.29) is 6.61 Å². The summed E-state index contributed by atoms with van der Waals surface area (Å²) in [5.74, 6) is -1.51. The highest BCUT2D eigenvalue weighted by atomic mass is 19.4. The van der Waals surface area contributed by atoms with Gasteiger partial charge in [-0.1, -0.05) is 0 Å². The molecule has 0 aromatic carbocycles. The third-order valence-electron chi connectivity index (χ3n) is 1.88. The van der Waals surface area contributed by atoms with Crippen LogP contribution in [0.5, 0.6) is 0 Å². The quantitative estimate of drug-likeness (QED) is 0.738. The maximum absolute atomic E-state index is 12.3. The van der Waals surface area contributed by atoms with Crippen LogP contribution >= 0.6 is 0 Å². The van der Waals surface area contributed by atoms with Crippen molar-refractivity contribution in [2.45, 2.75) is 38.6 Å². The van der Waals surface area contributed by atoms with Crippen LogP contribution in [-0.4, -0.2) is 37.0 Å². The minimum Gasteiger partial charge on any atom is -0.459 e. The molecule has 0 saturated carbocycles. The fraction of sp³-hybridized carbons (Fsp3) is 0.889. The van der Waals surface area contributed by atoms with Crippen LogP contribution in [-0.2, 0) is 14.3 Å². The van der Waals surface area contributed by atoms with Crippen molar-refractivity contribution in [3.8, 4) is 0 Å². The van der Waals surface area contributed by atoms with E-state index < -0.39 is 23.8 Å². The van der Waals surface area contributed by atoms with E-state index in [0.29, 0.717) is 13.5 Å². The molecule has 0 bridgehead atoms. The summed E-state index contributed by atoms with van der Waals surface area (Å²) in [5.41, 5.74) is 1.88. The number of rotatable bonds is 5.